The number of unbranched alkanes of at least 4 members (excludes halogenated alkanes) is 1. The number of amides is 2. The molecule has 2 amide bonds. The Balaban J connectivity index is 3.51. The zero-order valence-corrected chi connectivity index (χ0v) is 10.6. The molecule has 0 heterocycles. The lowest BCUT2D eigenvalue weighted by atomic mass is 10.0. The largest absolute Gasteiger partial charge is 0.481 e. The lowest BCUT2D eigenvalue weighted by molar-refractivity contribution is -0.137. The number of carboxylic acid groups (broad SMARTS) is 1. The molecule has 0 aromatic rings. The Kier molecular flexibility index (Phi) is 8.55. The molecular weight excluding hydrogens is 238 g/mol. The fraction of sp³-hybridized carbons (Fsp3) is 0.727. The third-order valence-corrected chi connectivity index (χ3v) is 2.54. The predicted molar refractivity (Wildman–Crippen MR) is 65.2 cm³/mol. The van der Waals surface area contributed by atoms with Gasteiger partial charge in [-0.1, -0.05) is 13.3 Å². The number of hydrazine groups is 1. The number of rotatable bonds is 9. The molecule has 0 bridgehead atoms. The van der Waals surface area contributed by atoms with E-state index >= 15 is 0 Å². The topological polar surface area (TPSA) is 122 Å². The summed E-state index contributed by atoms with van der Waals surface area (Å²) in [7, 11) is 0. The van der Waals surface area contributed by atoms with Crippen LogP contribution in [-0.4, -0.2) is 29.4 Å². The molecule has 0 radical (unpaired) electrons. The highest BCUT2D eigenvalue weighted by atomic mass is 16.4. The van der Waals surface area contributed by atoms with Crippen molar-refractivity contribution in [2.75, 3.05) is 6.54 Å². The van der Waals surface area contributed by atoms with Crippen molar-refractivity contribution >= 4 is 17.8 Å². The quantitative estimate of drug-likeness (QED) is 0.197. The number of nitrogens with two attached hydrogens (primary N) is 1. The third kappa shape index (κ3) is 8.51. The van der Waals surface area contributed by atoms with Gasteiger partial charge in [0.1, 0.15) is 0 Å². The smallest absolute Gasteiger partial charge is 0.305 e. The lowest BCUT2D eigenvalue weighted by Gasteiger charge is -2.09. The van der Waals surface area contributed by atoms with Gasteiger partial charge in [0.2, 0.25) is 11.8 Å². The van der Waals surface area contributed by atoms with Crippen molar-refractivity contribution in [1.29, 1.82) is 0 Å². The second-order valence-electron chi connectivity index (χ2n) is 4.15. The first-order chi connectivity index (χ1) is 8.47. The van der Waals surface area contributed by atoms with Crippen molar-refractivity contribution in [3.63, 3.8) is 0 Å². The second-order valence-corrected chi connectivity index (χ2v) is 4.15. The fourth-order valence-electron chi connectivity index (χ4n) is 1.41. The Bertz CT molecular complexity index is 294. The van der Waals surface area contributed by atoms with Gasteiger partial charge in [0, 0.05) is 18.9 Å². The molecule has 5 N–H and O–H groups in total. The minimum absolute atomic E-state index is 0.0700. The molecular formula is C11H21N3O4. The van der Waals surface area contributed by atoms with E-state index in [1.54, 1.807) is 6.92 Å². The van der Waals surface area contributed by atoms with Crippen LogP contribution in [0, 0.1) is 5.92 Å². The molecule has 0 saturated heterocycles. The standard InChI is InChI=1S/C11H21N3O4/c1-8(11(18)14-12)4-2-3-5-9(15)13-7-6-10(16)17/h8H,2-7,12H2,1H3,(H,13,15)(H,14,18)(H,16,17). The number of nitrogens with one attached hydrogen (secondary N) is 2. The van der Waals surface area contributed by atoms with Crippen molar-refractivity contribution in [3.8, 4) is 0 Å². The van der Waals surface area contributed by atoms with Crippen molar-refractivity contribution in [1.82, 2.24) is 10.7 Å². The van der Waals surface area contributed by atoms with E-state index < -0.39 is 5.97 Å². The highest BCUT2D eigenvalue weighted by Crippen LogP contribution is 2.09. The third-order valence-electron chi connectivity index (χ3n) is 2.54. The van der Waals surface area contributed by atoms with Crippen LogP contribution >= 0.6 is 0 Å². The first-order valence-corrected chi connectivity index (χ1v) is 5.96. The van der Waals surface area contributed by atoms with Gasteiger partial charge >= 0.3 is 5.97 Å². The molecule has 0 aliphatic rings. The van der Waals surface area contributed by atoms with Gasteiger partial charge in [-0.15, -0.1) is 0 Å². The Morgan fingerprint density at radius 1 is 1.22 bits per heavy atom. The molecule has 1 atom stereocenters. The first kappa shape index (κ1) is 16.4. The van der Waals surface area contributed by atoms with E-state index in [-0.39, 0.29) is 30.7 Å². The van der Waals surface area contributed by atoms with Crippen LogP contribution in [0.25, 0.3) is 0 Å². The molecule has 0 aromatic carbocycles. The average Bonchev–Trinajstić information content (AvgIpc) is 2.32. The summed E-state index contributed by atoms with van der Waals surface area (Å²) in [6, 6.07) is 0. The molecule has 7 heteroatoms. The van der Waals surface area contributed by atoms with Crippen LogP contribution in [0.1, 0.15) is 39.0 Å². The molecule has 7 nitrogen and oxygen atoms in total. The van der Waals surface area contributed by atoms with Crippen molar-refractivity contribution in [2.24, 2.45) is 11.8 Å². The van der Waals surface area contributed by atoms with Gasteiger partial charge in [-0.25, -0.2) is 5.84 Å². The maximum Gasteiger partial charge on any atom is 0.305 e. The molecule has 1 unspecified atom stereocenters. The van der Waals surface area contributed by atoms with Crippen LogP contribution in [-0.2, 0) is 14.4 Å². The van der Waals surface area contributed by atoms with E-state index in [2.05, 4.69) is 10.7 Å². The summed E-state index contributed by atoms with van der Waals surface area (Å²) >= 11 is 0. The molecule has 0 rings (SSSR count). The van der Waals surface area contributed by atoms with Gasteiger partial charge < -0.3 is 10.4 Å². The summed E-state index contributed by atoms with van der Waals surface area (Å²) in [6.45, 7) is 1.93. The number of carboxylic acids is 1. The van der Waals surface area contributed by atoms with Gasteiger partial charge in [0.25, 0.3) is 0 Å². The van der Waals surface area contributed by atoms with Crippen LogP contribution < -0.4 is 16.6 Å². The van der Waals surface area contributed by atoms with Crippen LogP contribution in [0.2, 0.25) is 0 Å². The Labute approximate surface area is 106 Å². The molecule has 0 aromatic heterocycles. The van der Waals surface area contributed by atoms with Crippen LogP contribution in [0.15, 0.2) is 0 Å². The Morgan fingerprint density at radius 3 is 2.44 bits per heavy atom. The molecule has 0 fully saturated rings. The van der Waals surface area contributed by atoms with Crippen LogP contribution in [0.5, 0.6) is 0 Å². The van der Waals surface area contributed by atoms with E-state index in [0.717, 1.165) is 6.42 Å². The van der Waals surface area contributed by atoms with Gasteiger partial charge in [-0.05, 0) is 12.8 Å². The van der Waals surface area contributed by atoms with E-state index in [1.807, 2.05) is 0 Å². The van der Waals surface area contributed by atoms with E-state index in [1.165, 1.54) is 0 Å². The Hall–Kier alpha value is -1.63. The number of carbonyl (C=O) groups excluding carboxylic acids is 2. The number of carbonyl (C=O) groups is 3. The van der Waals surface area contributed by atoms with Crippen molar-refractivity contribution in [2.45, 2.75) is 39.0 Å². The summed E-state index contributed by atoms with van der Waals surface area (Å²) in [6.07, 6.45) is 2.36. The van der Waals surface area contributed by atoms with Crippen molar-refractivity contribution in [3.05, 3.63) is 0 Å². The summed E-state index contributed by atoms with van der Waals surface area (Å²) in [4.78, 5) is 32.5. The summed E-state index contributed by atoms with van der Waals surface area (Å²) in [5, 5.41) is 10.9. The Morgan fingerprint density at radius 2 is 1.89 bits per heavy atom. The first-order valence-electron chi connectivity index (χ1n) is 5.96. The minimum Gasteiger partial charge on any atom is -0.481 e. The van der Waals surface area contributed by atoms with Crippen molar-refractivity contribution < 1.29 is 19.5 Å². The molecule has 104 valence electrons. The highest BCUT2D eigenvalue weighted by molar-refractivity contribution is 5.77. The summed E-state index contributed by atoms with van der Waals surface area (Å²) < 4.78 is 0. The van der Waals surface area contributed by atoms with Gasteiger partial charge in [-0.2, -0.15) is 0 Å². The van der Waals surface area contributed by atoms with E-state index in [9.17, 15) is 14.4 Å². The number of hydrogen-bond donors (Lipinski definition) is 4. The number of aliphatic carboxylic acids is 1. The molecule has 0 saturated carbocycles. The van der Waals surface area contributed by atoms with Gasteiger partial charge in [-0.3, -0.25) is 19.8 Å². The zero-order chi connectivity index (χ0) is 14.0. The minimum atomic E-state index is -0.933. The average molecular weight is 259 g/mol. The van der Waals surface area contributed by atoms with Gasteiger partial charge in [0.15, 0.2) is 0 Å². The predicted octanol–water partition coefficient (Wildman–Crippen LogP) is -0.236. The SMILES string of the molecule is CC(CCCCC(=O)NCCC(=O)O)C(=O)NN. The lowest BCUT2D eigenvalue weighted by Crippen LogP contribution is -2.34. The van der Waals surface area contributed by atoms with Gasteiger partial charge in [0.05, 0.1) is 6.42 Å². The molecule has 0 aliphatic carbocycles. The maximum atomic E-state index is 11.3. The number of hydrogen-bond acceptors (Lipinski definition) is 4. The molecule has 0 spiro atoms. The highest BCUT2D eigenvalue weighted by Gasteiger charge is 2.10. The maximum absolute atomic E-state index is 11.3. The monoisotopic (exact) mass is 259 g/mol. The molecule has 18 heavy (non-hydrogen) atoms. The zero-order valence-electron chi connectivity index (χ0n) is 10.6. The van der Waals surface area contributed by atoms with E-state index in [0.29, 0.717) is 19.3 Å². The van der Waals surface area contributed by atoms with Crippen LogP contribution in [0.3, 0.4) is 0 Å². The summed E-state index contributed by atoms with van der Waals surface area (Å²) in [5.41, 5.74) is 2.08. The normalized spacial score (nSPS) is 11.7. The second kappa shape index (κ2) is 9.41. The molecule has 0 aliphatic heterocycles. The fourth-order valence-corrected chi connectivity index (χ4v) is 1.41. The summed E-state index contributed by atoms with van der Waals surface area (Å²) in [5.74, 6) is 3.53. The van der Waals surface area contributed by atoms with Crippen LogP contribution in [0.4, 0.5) is 0 Å². The van der Waals surface area contributed by atoms with E-state index in [4.69, 9.17) is 10.9 Å².